The number of likely N-dealkylation sites (N-methyl/N-ethyl adjacent to an activating group) is 1. The van der Waals surface area contributed by atoms with Gasteiger partial charge in [-0.2, -0.15) is 0 Å². The average Bonchev–Trinajstić information content (AvgIpc) is 3.94. The van der Waals surface area contributed by atoms with Gasteiger partial charge in [-0.25, -0.2) is 4.68 Å². The number of benzene rings is 3. The molecule has 0 radical (unpaired) electrons. The summed E-state index contributed by atoms with van der Waals surface area (Å²) in [5, 5.41) is 19.7. The van der Waals surface area contributed by atoms with Crippen LogP contribution in [0.4, 0.5) is 0 Å². The van der Waals surface area contributed by atoms with Crippen LogP contribution in [-0.2, 0) is 41.7 Å². The number of esters is 1. The lowest BCUT2D eigenvalue weighted by atomic mass is 9.74. The molecule has 5 bridgehead atoms. The molecule has 2 saturated heterocycles. The summed E-state index contributed by atoms with van der Waals surface area (Å²) in [5.74, 6) is -4.06. The SMILES string of the molecule is C[C@H]1[C@H](c2ccccc2)OC(=O)[C@H]2[C@@H]3O[C@@]4(C=C3Br)[C@@H]2C(=O)N([C@@H](CO)Cc2ccccc2)[C@@H]4C(=O)N(Cn2nnc3ccccc32)C/C=C\CCC(=O)N1C. The number of allylic oxidation sites excluding steroid dienone is 1. The van der Waals surface area contributed by atoms with Crippen molar-refractivity contribution in [3.05, 3.63) is 119 Å². The van der Waals surface area contributed by atoms with Gasteiger partial charge in [-0.3, -0.25) is 19.2 Å². The maximum atomic E-state index is 15.4. The molecule has 3 aromatic carbocycles. The van der Waals surface area contributed by atoms with Crippen LogP contribution in [0.5, 0.6) is 0 Å². The van der Waals surface area contributed by atoms with Crippen molar-refractivity contribution in [3.63, 3.8) is 0 Å². The molecule has 0 unspecified atom stereocenters. The first kappa shape index (κ1) is 37.7. The number of ether oxygens (including phenoxy) is 2. The Morgan fingerprint density at radius 1 is 0.929 bits per heavy atom. The van der Waals surface area contributed by atoms with Crippen LogP contribution >= 0.6 is 15.9 Å². The molecule has 4 aliphatic rings. The van der Waals surface area contributed by atoms with Gasteiger partial charge in [-0.1, -0.05) is 106 Å². The number of carbonyl (C=O) groups is 4. The summed E-state index contributed by atoms with van der Waals surface area (Å²) in [6.07, 6.45) is 4.50. The zero-order chi connectivity index (χ0) is 39.1. The molecule has 1 aromatic heterocycles. The molecule has 56 heavy (non-hydrogen) atoms. The van der Waals surface area contributed by atoms with Gasteiger partial charge in [0.25, 0.3) is 5.91 Å². The number of rotatable bonds is 7. The van der Waals surface area contributed by atoms with Gasteiger partial charge >= 0.3 is 5.97 Å². The number of amides is 3. The van der Waals surface area contributed by atoms with E-state index >= 15 is 9.59 Å². The number of hydrogen-bond donors (Lipinski definition) is 1. The summed E-state index contributed by atoms with van der Waals surface area (Å²) in [7, 11) is 1.69. The van der Waals surface area contributed by atoms with Crippen LogP contribution in [-0.4, -0.2) is 109 Å². The summed E-state index contributed by atoms with van der Waals surface area (Å²) in [6, 6.07) is 23.4. The zero-order valence-electron chi connectivity index (χ0n) is 31.1. The van der Waals surface area contributed by atoms with E-state index in [-0.39, 0.29) is 32.0 Å². The first-order valence-electron chi connectivity index (χ1n) is 18.9. The van der Waals surface area contributed by atoms with Gasteiger partial charge in [-0.15, -0.1) is 5.10 Å². The Bertz CT molecular complexity index is 2200. The highest BCUT2D eigenvalue weighted by Crippen LogP contribution is 2.59. The standard InChI is InChI=1S/C42H43BrN6O7/c1-26-36(28-16-8-4-9-17-28)55-41(54)34-35-39(52)49(29(24-50)22-27-14-6-3-7-15-27)38(42(35)23-30(43)37(34)56-42)40(53)47(21-13-5-10-20-33(51)46(26)2)25-48-32-19-12-11-18-31(32)44-45-48/h3-9,11-19,23,26,29,34-38,50H,10,20-22,24-25H2,1-2H3/b13-5-/t26-,29+,34+,35-,36+,37+,38+,42-/m0/s1. The Kier molecular flexibility index (Phi) is 10.4. The number of hydrogen-bond acceptors (Lipinski definition) is 9. The maximum Gasteiger partial charge on any atom is 0.313 e. The van der Waals surface area contributed by atoms with Crippen molar-refractivity contribution in [2.75, 3.05) is 20.2 Å². The molecular weight excluding hydrogens is 780 g/mol. The number of cyclic esters (lactones) is 1. The Morgan fingerprint density at radius 3 is 2.39 bits per heavy atom. The number of aromatic nitrogens is 3. The van der Waals surface area contributed by atoms with E-state index < -0.39 is 72.2 Å². The minimum atomic E-state index is -1.58. The Balaban J connectivity index is 1.26. The summed E-state index contributed by atoms with van der Waals surface area (Å²) >= 11 is 3.64. The molecule has 14 heteroatoms. The maximum absolute atomic E-state index is 15.4. The van der Waals surface area contributed by atoms with E-state index in [9.17, 15) is 14.7 Å². The predicted octanol–water partition coefficient (Wildman–Crippen LogP) is 4.18. The van der Waals surface area contributed by atoms with Crippen molar-refractivity contribution < 1.29 is 33.8 Å². The summed E-state index contributed by atoms with van der Waals surface area (Å²) < 4.78 is 15.3. The first-order valence-corrected chi connectivity index (χ1v) is 19.7. The normalized spacial score (nSPS) is 29.4. The number of fused-ring (bicyclic) bond motifs is 3. The minimum absolute atomic E-state index is 0.0246. The van der Waals surface area contributed by atoms with Gasteiger partial charge in [0.2, 0.25) is 11.8 Å². The molecule has 1 spiro atoms. The fourth-order valence-corrected chi connectivity index (χ4v) is 9.47. The fourth-order valence-electron chi connectivity index (χ4n) is 8.73. The monoisotopic (exact) mass is 822 g/mol. The zero-order valence-corrected chi connectivity index (χ0v) is 32.6. The van der Waals surface area contributed by atoms with Crippen LogP contribution in [0.1, 0.15) is 37.0 Å². The van der Waals surface area contributed by atoms with E-state index in [1.54, 1.807) is 27.6 Å². The lowest BCUT2D eigenvalue weighted by Gasteiger charge is -2.38. The van der Waals surface area contributed by atoms with Gasteiger partial charge in [0.05, 0.1) is 30.1 Å². The molecule has 13 nitrogen and oxygen atoms in total. The topological polar surface area (TPSA) is 147 Å². The molecular formula is C42H43BrN6O7. The number of aliphatic hydroxyl groups is 1. The smallest absolute Gasteiger partial charge is 0.313 e. The minimum Gasteiger partial charge on any atom is -0.455 e. The highest BCUT2D eigenvalue weighted by Gasteiger charge is 2.75. The van der Waals surface area contributed by atoms with Crippen LogP contribution in [0.3, 0.4) is 0 Å². The average molecular weight is 824 g/mol. The van der Waals surface area contributed by atoms with Crippen molar-refractivity contribution in [3.8, 4) is 0 Å². The van der Waals surface area contributed by atoms with Gasteiger partial charge < -0.3 is 29.3 Å². The molecule has 3 amide bonds. The summed E-state index contributed by atoms with van der Waals surface area (Å²) in [5.41, 5.74) is 1.33. The molecule has 290 valence electrons. The second-order valence-corrected chi connectivity index (χ2v) is 15.8. The number of aliphatic hydroxyl groups excluding tert-OH is 1. The third-order valence-electron chi connectivity index (χ3n) is 11.7. The largest absolute Gasteiger partial charge is 0.455 e. The Labute approximate surface area is 332 Å². The van der Waals surface area contributed by atoms with Crippen molar-refractivity contribution in [2.24, 2.45) is 11.8 Å². The molecule has 5 heterocycles. The van der Waals surface area contributed by atoms with Gasteiger partial charge in [0, 0.05) is 24.5 Å². The van der Waals surface area contributed by atoms with E-state index in [0.29, 0.717) is 27.5 Å². The van der Waals surface area contributed by atoms with Crippen LogP contribution in [0, 0.1) is 11.8 Å². The van der Waals surface area contributed by atoms with E-state index in [2.05, 4.69) is 26.2 Å². The third-order valence-corrected chi connectivity index (χ3v) is 12.3. The Morgan fingerprint density at radius 2 is 1.64 bits per heavy atom. The van der Waals surface area contributed by atoms with Crippen molar-refractivity contribution in [2.45, 2.75) is 68.8 Å². The quantitative estimate of drug-likeness (QED) is 0.214. The molecule has 2 fully saturated rings. The summed E-state index contributed by atoms with van der Waals surface area (Å²) in [4.78, 5) is 63.4. The Hall–Kier alpha value is -5.18. The molecule has 0 saturated carbocycles. The highest BCUT2D eigenvalue weighted by molar-refractivity contribution is 9.11. The molecule has 8 rings (SSSR count). The molecule has 0 aliphatic carbocycles. The number of likely N-dealkylation sites (tertiary alicyclic amines) is 1. The van der Waals surface area contributed by atoms with Gasteiger partial charge in [0.1, 0.15) is 42.0 Å². The van der Waals surface area contributed by atoms with Crippen LogP contribution < -0.4 is 0 Å². The van der Waals surface area contributed by atoms with E-state index in [1.807, 2.05) is 104 Å². The first-order chi connectivity index (χ1) is 27.1. The molecule has 1 N–H and O–H groups in total. The van der Waals surface area contributed by atoms with E-state index in [4.69, 9.17) is 9.47 Å². The van der Waals surface area contributed by atoms with Crippen LogP contribution in [0.2, 0.25) is 0 Å². The number of nitrogens with zero attached hydrogens (tertiary/aromatic N) is 6. The van der Waals surface area contributed by atoms with Crippen molar-refractivity contribution in [1.29, 1.82) is 0 Å². The number of carbonyl (C=O) groups excluding carboxylic acids is 4. The van der Waals surface area contributed by atoms with Crippen LogP contribution in [0.25, 0.3) is 11.0 Å². The second kappa shape index (κ2) is 15.4. The third kappa shape index (κ3) is 6.52. The summed E-state index contributed by atoms with van der Waals surface area (Å²) in [6.45, 7) is 1.46. The van der Waals surface area contributed by atoms with E-state index in [1.165, 1.54) is 4.90 Å². The predicted molar refractivity (Wildman–Crippen MR) is 208 cm³/mol. The molecule has 8 atom stereocenters. The van der Waals surface area contributed by atoms with Gasteiger partial charge in [-0.05, 0) is 49.1 Å². The van der Waals surface area contributed by atoms with E-state index in [0.717, 1.165) is 5.56 Å². The highest BCUT2D eigenvalue weighted by atomic mass is 79.9. The second-order valence-electron chi connectivity index (χ2n) is 14.9. The molecule has 4 aliphatic heterocycles. The lowest BCUT2D eigenvalue weighted by molar-refractivity contribution is -0.164. The number of halogens is 1. The molecule has 4 aromatic rings. The van der Waals surface area contributed by atoms with Crippen LogP contribution in [0.15, 0.2) is 108 Å². The van der Waals surface area contributed by atoms with Gasteiger partial charge in [0.15, 0.2) is 0 Å². The van der Waals surface area contributed by atoms with Crippen molar-refractivity contribution >= 4 is 50.7 Å². The fraction of sp³-hybridized carbons (Fsp3) is 0.381. The lowest BCUT2D eigenvalue weighted by Crippen LogP contribution is -2.59. The van der Waals surface area contributed by atoms with Crippen molar-refractivity contribution in [1.82, 2.24) is 29.7 Å². The number of para-hydroxylation sites is 1.